The number of aryl methyl sites for hydroxylation is 2. The summed E-state index contributed by atoms with van der Waals surface area (Å²) in [6.45, 7) is 0. The maximum Gasteiger partial charge on any atom is 0.250 e. The Morgan fingerprint density at radius 3 is 2.72 bits per heavy atom. The Hall–Kier alpha value is -4.34. The highest BCUT2D eigenvalue weighted by molar-refractivity contribution is 5.99. The Kier molecular flexibility index (Phi) is 5.75. The molecule has 4 heterocycles. The molecule has 0 saturated heterocycles. The van der Waals surface area contributed by atoms with Crippen molar-refractivity contribution in [1.82, 2.24) is 24.5 Å². The number of carbonyl (C=O) groups excluding carboxylic acids is 1. The van der Waals surface area contributed by atoms with Crippen molar-refractivity contribution < 1.29 is 13.9 Å². The molecule has 0 aliphatic rings. The van der Waals surface area contributed by atoms with Gasteiger partial charge in [-0.05, 0) is 18.6 Å². The molecule has 162 valence electrons. The van der Waals surface area contributed by atoms with Crippen LogP contribution >= 0.6 is 0 Å². The van der Waals surface area contributed by atoms with Gasteiger partial charge in [0.05, 0.1) is 13.3 Å². The van der Waals surface area contributed by atoms with Crippen LogP contribution in [-0.2, 0) is 13.5 Å². The van der Waals surface area contributed by atoms with E-state index in [2.05, 4.69) is 19.9 Å². The number of aromatic nitrogens is 5. The number of ketones is 1. The first kappa shape index (κ1) is 20.9. The van der Waals surface area contributed by atoms with E-state index in [4.69, 9.17) is 14.9 Å². The number of ether oxygens (including phenoxy) is 1. The topological polar surface area (TPSA) is 139 Å². The van der Waals surface area contributed by atoms with Gasteiger partial charge >= 0.3 is 0 Å². The molecule has 0 spiro atoms. The van der Waals surface area contributed by atoms with E-state index in [0.717, 1.165) is 0 Å². The number of anilines is 1. The molecule has 0 aliphatic heterocycles. The number of nitrogens with zero attached hydrogens (tertiary/aromatic N) is 5. The zero-order valence-electron chi connectivity index (χ0n) is 17.5. The lowest BCUT2D eigenvalue weighted by atomic mass is 10.1. The number of hydrogen-bond acceptors (Lipinski definition) is 9. The predicted octanol–water partition coefficient (Wildman–Crippen LogP) is 2.30. The van der Waals surface area contributed by atoms with Crippen LogP contribution in [0, 0.1) is 0 Å². The first-order chi connectivity index (χ1) is 15.5. The monoisotopic (exact) mass is 432 g/mol. The van der Waals surface area contributed by atoms with Crippen molar-refractivity contribution in [2.45, 2.75) is 12.8 Å². The summed E-state index contributed by atoms with van der Waals surface area (Å²) in [6, 6.07) is 8.36. The summed E-state index contributed by atoms with van der Waals surface area (Å²) in [5, 5.41) is 0. The van der Waals surface area contributed by atoms with Crippen molar-refractivity contribution in [2.75, 3.05) is 12.8 Å². The molecule has 0 radical (unpaired) electrons. The molecule has 4 aromatic rings. The minimum Gasteiger partial charge on any atom is -0.481 e. The van der Waals surface area contributed by atoms with E-state index in [1.54, 1.807) is 25.4 Å². The normalized spacial score (nSPS) is 10.8. The lowest BCUT2D eigenvalue weighted by molar-refractivity contribution is 0.0978. The summed E-state index contributed by atoms with van der Waals surface area (Å²) in [4.78, 5) is 42.1. The van der Waals surface area contributed by atoms with Gasteiger partial charge in [0.25, 0.3) is 0 Å². The number of nitrogens with two attached hydrogens (primary N) is 1. The highest BCUT2D eigenvalue weighted by Crippen LogP contribution is 2.30. The van der Waals surface area contributed by atoms with Crippen molar-refractivity contribution in [2.24, 2.45) is 7.05 Å². The van der Waals surface area contributed by atoms with E-state index in [9.17, 15) is 9.59 Å². The third kappa shape index (κ3) is 4.24. The fourth-order valence-electron chi connectivity index (χ4n) is 3.15. The van der Waals surface area contributed by atoms with Crippen LogP contribution in [-0.4, -0.2) is 37.4 Å². The highest BCUT2D eigenvalue weighted by atomic mass is 16.5. The maximum atomic E-state index is 13.0. The molecule has 0 atom stereocenters. The van der Waals surface area contributed by atoms with Gasteiger partial charge < -0.3 is 19.5 Å². The van der Waals surface area contributed by atoms with Gasteiger partial charge in [-0.1, -0.05) is 6.07 Å². The minimum absolute atomic E-state index is 0.0321. The van der Waals surface area contributed by atoms with Gasteiger partial charge in [0, 0.05) is 43.1 Å². The van der Waals surface area contributed by atoms with Crippen LogP contribution < -0.4 is 16.0 Å². The smallest absolute Gasteiger partial charge is 0.250 e. The zero-order valence-corrected chi connectivity index (χ0v) is 17.5. The molecule has 4 aromatic heterocycles. The average Bonchev–Trinajstić information content (AvgIpc) is 3.34. The standard InChI is InChI=1S/C22H20N6O4/c1-28-12-13(6-9-17(28)30)18-20(22-24-10-11-32-22)27-21(23)19(26-18)15(29)8-7-14-4-3-5-16(25-14)31-2/h3-6,9-12H,7-8H2,1-2H3,(H2,23,27). The van der Waals surface area contributed by atoms with Gasteiger partial charge in [-0.2, -0.15) is 0 Å². The Morgan fingerprint density at radius 1 is 1.16 bits per heavy atom. The molecule has 0 aliphatic carbocycles. The Balaban J connectivity index is 1.71. The third-order valence-corrected chi connectivity index (χ3v) is 4.78. The Bertz CT molecular complexity index is 1330. The lowest BCUT2D eigenvalue weighted by Crippen LogP contribution is -2.15. The van der Waals surface area contributed by atoms with Crippen molar-refractivity contribution >= 4 is 11.6 Å². The summed E-state index contributed by atoms with van der Waals surface area (Å²) in [5.41, 5.74) is 7.82. The number of oxazole rings is 1. The predicted molar refractivity (Wildman–Crippen MR) is 116 cm³/mol. The molecule has 0 fully saturated rings. The van der Waals surface area contributed by atoms with Crippen LogP contribution in [0.25, 0.3) is 22.8 Å². The third-order valence-electron chi connectivity index (χ3n) is 4.78. The fourth-order valence-corrected chi connectivity index (χ4v) is 3.15. The molecule has 0 unspecified atom stereocenters. The summed E-state index contributed by atoms with van der Waals surface area (Å²) >= 11 is 0. The van der Waals surface area contributed by atoms with E-state index in [1.807, 2.05) is 12.1 Å². The van der Waals surface area contributed by atoms with Crippen LogP contribution in [0.15, 0.2) is 58.2 Å². The zero-order chi connectivity index (χ0) is 22.7. The molecule has 2 N–H and O–H groups in total. The van der Waals surface area contributed by atoms with Crippen LogP contribution in [0.2, 0.25) is 0 Å². The quantitative estimate of drug-likeness (QED) is 0.436. The maximum absolute atomic E-state index is 13.0. The largest absolute Gasteiger partial charge is 0.481 e. The number of nitrogen functional groups attached to an aromatic ring is 1. The molecular formula is C22H20N6O4. The molecule has 0 saturated carbocycles. The molecule has 0 bridgehead atoms. The summed E-state index contributed by atoms with van der Waals surface area (Å²) in [7, 11) is 3.15. The van der Waals surface area contributed by atoms with Crippen LogP contribution in [0.3, 0.4) is 0 Å². The van der Waals surface area contributed by atoms with Crippen molar-refractivity contribution in [3.63, 3.8) is 0 Å². The SMILES string of the molecule is COc1cccc(CCC(=O)c2nc(-c3ccc(=O)n(C)c3)c(-c3ncco3)nc2N)n1. The van der Waals surface area contributed by atoms with E-state index >= 15 is 0 Å². The van der Waals surface area contributed by atoms with Gasteiger partial charge in [0.2, 0.25) is 17.3 Å². The molecule has 0 amide bonds. The number of rotatable bonds is 7. The molecule has 10 nitrogen and oxygen atoms in total. The van der Waals surface area contributed by atoms with Gasteiger partial charge in [0.15, 0.2) is 17.3 Å². The number of pyridine rings is 2. The van der Waals surface area contributed by atoms with Crippen molar-refractivity contribution in [3.05, 3.63) is 70.7 Å². The second kappa shape index (κ2) is 8.80. The first-order valence-electron chi connectivity index (χ1n) is 9.74. The fraction of sp³-hybridized carbons (Fsp3) is 0.182. The minimum atomic E-state index is -0.287. The van der Waals surface area contributed by atoms with Crippen molar-refractivity contribution in [3.8, 4) is 28.7 Å². The number of carbonyl (C=O) groups is 1. The van der Waals surface area contributed by atoms with E-state index in [1.165, 1.54) is 30.2 Å². The summed E-state index contributed by atoms with van der Waals surface area (Å²) in [5.74, 6) is 0.356. The molecule has 0 aromatic carbocycles. The highest BCUT2D eigenvalue weighted by Gasteiger charge is 2.22. The van der Waals surface area contributed by atoms with Crippen LogP contribution in [0.1, 0.15) is 22.6 Å². The van der Waals surface area contributed by atoms with E-state index in [0.29, 0.717) is 29.3 Å². The molecular weight excluding hydrogens is 412 g/mol. The van der Waals surface area contributed by atoms with Crippen LogP contribution in [0.5, 0.6) is 5.88 Å². The molecule has 32 heavy (non-hydrogen) atoms. The van der Waals surface area contributed by atoms with Gasteiger partial charge in [-0.3, -0.25) is 9.59 Å². The molecule has 4 rings (SSSR count). The van der Waals surface area contributed by atoms with E-state index in [-0.39, 0.29) is 40.9 Å². The average molecular weight is 432 g/mol. The number of hydrogen-bond donors (Lipinski definition) is 1. The molecule has 10 heteroatoms. The Morgan fingerprint density at radius 2 is 2.00 bits per heavy atom. The van der Waals surface area contributed by atoms with Gasteiger partial charge in [-0.15, -0.1) is 0 Å². The summed E-state index contributed by atoms with van der Waals surface area (Å²) in [6.07, 6.45) is 4.98. The second-order valence-electron chi connectivity index (χ2n) is 6.95. The first-order valence-corrected chi connectivity index (χ1v) is 9.74. The van der Waals surface area contributed by atoms with E-state index < -0.39 is 0 Å². The van der Waals surface area contributed by atoms with Gasteiger partial charge in [-0.25, -0.2) is 19.9 Å². The lowest BCUT2D eigenvalue weighted by Gasteiger charge is -2.11. The van der Waals surface area contributed by atoms with Gasteiger partial charge in [0.1, 0.15) is 17.7 Å². The number of Topliss-reactive ketones (excluding diaryl/α,β-unsaturated/α-hetero) is 1. The second-order valence-corrected chi connectivity index (χ2v) is 6.95. The summed E-state index contributed by atoms with van der Waals surface area (Å²) < 4.78 is 11.9. The Labute approximate surface area is 182 Å². The van der Waals surface area contributed by atoms with Crippen LogP contribution in [0.4, 0.5) is 5.82 Å². The number of methoxy groups -OCH3 is 1. The van der Waals surface area contributed by atoms with Crippen molar-refractivity contribution in [1.29, 1.82) is 0 Å².